The zero-order chi connectivity index (χ0) is 79.9. The van der Waals surface area contributed by atoms with Gasteiger partial charge in [0.2, 0.25) is 0 Å². The first-order valence-electron chi connectivity index (χ1n) is 40.9. The molecule has 11 rings (SSSR count). The molecule has 0 aliphatic heterocycles. The summed E-state index contributed by atoms with van der Waals surface area (Å²) in [7, 11) is 0. The number of unbranched alkanes of at least 4 members (excludes halogenated alkanes) is 2. The van der Waals surface area contributed by atoms with Crippen molar-refractivity contribution in [3.8, 4) is 17.2 Å². The number of phenolic OH excluding ortho intramolecular Hbond substituents is 2. The van der Waals surface area contributed by atoms with Gasteiger partial charge in [0.15, 0.2) is 0 Å². The predicted molar refractivity (Wildman–Crippen MR) is 484 cm³/mol. The average Bonchev–Trinajstić information content (AvgIpc) is 0.774. The molecule has 0 heterocycles. The molecule has 1 unspecified atom stereocenters. The maximum absolute atomic E-state index is 14.1. The summed E-state index contributed by atoms with van der Waals surface area (Å²) in [5, 5.41) is 27.0. The highest BCUT2D eigenvalue weighted by molar-refractivity contribution is 7.80. The first-order chi connectivity index (χ1) is 54.7. The maximum Gasteiger partial charge on any atom is 0.126 e. The van der Waals surface area contributed by atoms with Crippen LogP contribution in [0.2, 0.25) is 0 Å². The Bertz CT molecular complexity index is 4980. The number of rotatable bonds is 39. The molecule has 0 fully saturated rings. The van der Waals surface area contributed by atoms with E-state index >= 15 is 0 Å². The van der Waals surface area contributed by atoms with E-state index < -0.39 is 0 Å². The van der Waals surface area contributed by atoms with Crippen LogP contribution >= 0.6 is 25.3 Å². The second-order valence-corrected chi connectivity index (χ2v) is 32.2. The summed E-state index contributed by atoms with van der Waals surface area (Å²) in [6.45, 7) is 34.4. The number of hydrogen-bond donors (Lipinski definition) is 4. The van der Waals surface area contributed by atoms with Crippen molar-refractivity contribution < 1.29 is 19.7 Å². The summed E-state index contributed by atoms with van der Waals surface area (Å²) in [5.74, 6) is 3.26. The topological polar surface area (TPSA) is 71.9 Å². The molecule has 1 aliphatic carbocycles. The van der Waals surface area contributed by atoms with Crippen LogP contribution in [0.5, 0.6) is 17.2 Å². The Morgan fingerprint density at radius 3 is 1.47 bits per heavy atom. The molecule has 0 bridgehead atoms. The maximum atomic E-state index is 14.1. The highest BCUT2D eigenvalue weighted by Gasteiger charge is 2.28. The van der Waals surface area contributed by atoms with E-state index in [1.54, 1.807) is 0 Å². The average molecular weight is 1540 g/mol. The van der Waals surface area contributed by atoms with Gasteiger partial charge in [-0.15, -0.1) is 0 Å². The van der Waals surface area contributed by atoms with Crippen molar-refractivity contribution in [3.05, 3.63) is 377 Å². The van der Waals surface area contributed by atoms with Gasteiger partial charge in [0.1, 0.15) is 23.0 Å². The zero-order valence-electron chi connectivity index (χ0n) is 69.0. The first kappa shape index (κ1) is 83.9. The van der Waals surface area contributed by atoms with E-state index in [1.807, 2.05) is 0 Å². The van der Waals surface area contributed by atoms with Crippen LogP contribution in [0.1, 0.15) is 182 Å². The third-order valence-corrected chi connectivity index (χ3v) is 23.0. The molecule has 1 atom stereocenters. The highest BCUT2D eigenvalue weighted by atomic mass is 32.1. The van der Waals surface area contributed by atoms with Crippen LogP contribution in [0, 0.1) is 55.4 Å². The van der Waals surface area contributed by atoms with Crippen molar-refractivity contribution in [3.63, 3.8) is 0 Å². The molecule has 1 aliphatic rings. The van der Waals surface area contributed by atoms with Gasteiger partial charge in [-0.1, -0.05) is 229 Å². The molecule has 10 heteroatoms. The van der Waals surface area contributed by atoms with Crippen LogP contribution in [0.3, 0.4) is 0 Å². The number of benzene rings is 10. The van der Waals surface area contributed by atoms with Crippen LogP contribution in [-0.2, 0) is 69.7 Å². The Morgan fingerprint density at radius 1 is 0.487 bits per heavy atom. The number of ether oxygens (including phenoxy) is 2. The largest absolute Gasteiger partial charge is 0.507 e. The second-order valence-electron chi connectivity index (χ2n) is 31.3. The predicted octanol–water partition coefficient (Wildman–Crippen LogP) is 25.0. The normalized spacial score (nSPS) is 12.6. The molecule has 588 valence electrons. The standard InChI is InChI=1S/C103H120N4O4S2/c1-13-86-58-97(104(65-82-31-19-15-20-32-82)66-83-33-21-16-22-34-83)60-92(101(86)108)56-94-63-98(106(68-85-37-25-18-26-38-85)70-88-44-40-73(4)52-77(88)8)64-95(103(94)111-48-28-30-50-113)57-93-62-99(107(71-89-45-41-74(5)53-78(89)9)80(11)100-46-42-75(6)54-79(100)10)61-91(102(93)109)55-90(81(12)110-47-27-29-49-112)59-96(14-2)105(67-84-35-23-17-24-36-84)69-87-43-39-72(3)51-76(87)7/h14-21,23-26,31-33,35-46,51-54,58-64,80,108-109,112-113H,12-13,22,27-30,34,47-50,55-57,65-71H2,1-11H3/b90-59?,96-14+. The lowest BCUT2D eigenvalue weighted by Gasteiger charge is -2.34. The van der Waals surface area contributed by atoms with E-state index in [0.717, 1.165) is 124 Å². The van der Waals surface area contributed by atoms with Crippen LogP contribution in [0.15, 0.2) is 260 Å². The summed E-state index contributed by atoms with van der Waals surface area (Å²) >= 11 is 9.34. The van der Waals surface area contributed by atoms with E-state index in [4.69, 9.17) is 28.7 Å². The fraction of sp³-hybridized carbons (Fsp3) is 0.320. The first-order valence-corrected chi connectivity index (χ1v) is 42.1. The lowest BCUT2D eigenvalue weighted by molar-refractivity contribution is 0.215. The van der Waals surface area contributed by atoms with Gasteiger partial charge in [0.25, 0.3) is 0 Å². The number of nitrogens with zero attached hydrogens (tertiary/aromatic N) is 4. The molecule has 2 N–H and O–H groups in total. The summed E-state index contributed by atoms with van der Waals surface area (Å²) in [4.78, 5) is 9.99. The number of phenols is 2. The number of hydrogen-bond acceptors (Lipinski definition) is 10. The van der Waals surface area contributed by atoms with Gasteiger partial charge >= 0.3 is 0 Å². The van der Waals surface area contributed by atoms with Gasteiger partial charge in [-0.3, -0.25) is 0 Å². The molecule has 0 radical (unpaired) electrons. The molecule has 10 aromatic carbocycles. The van der Waals surface area contributed by atoms with Crippen molar-refractivity contribution in [1.82, 2.24) is 4.90 Å². The molecule has 113 heavy (non-hydrogen) atoms. The Morgan fingerprint density at radius 2 is 0.956 bits per heavy atom. The van der Waals surface area contributed by atoms with Gasteiger partial charge in [0, 0.05) is 121 Å². The number of anilines is 3. The number of thiol groups is 2. The smallest absolute Gasteiger partial charge is 0.126 e. The lowest BCUT2D eigenvalue weighted by Crippen LogP contribution is -2.27. The van der Waals surface area contributed by atoms with Crippen LogP contribution in [0.4, 0.5) is 17.1 Å². The summed E-state index contributed by atoms with van der Waals surface area (Å²) in [6, 6.07) is 72.9. The zero-order valence-corrected chi connectivity index (χ0v) is 70.8. The van der Waals surface area contributed by atoms with Gasteiger partial charge in [-0.2, -0.15) is 25.3 Å². The number of allylic oxidation sites excluding steroid dienone is 6. The molecule has 0 saturated heterocycles. The Kier molecular flexibility index (Phi) is 30.6. The van der Waals surface area contributed by atoms with Gasteiger partial charge in [-0.25, -0.2) is 0 Å². The van der Waals surface area contributed by atoms with Crippen molar-refractivity contribution in [2.45, 2.75) is 186 Å². The van der Waals surface area contributed by atoms with Gasteiger partial charge in [0.05, 0.1) is 19.3 Å². The highest BCUT2D eigenvalue weighted by Crippen LogP contribution is 2.44. The Hall–Kier alpha value is -10.0. The molecule has 0 aromatic heterocycles. The minimum atomic E-state index is -0.123. The minimum Gasteiger partial charge on any atom is -0.507 e. The van der Waals surface area contributed by atoms with Crippen molar-refractivity contribution in [2.24, 2.45) is 0 Å². The van der Waals surface area contributed by atoms with E-state index in [-0.39, 0.29) is 24.6 Å². The van der Waals surface area contributed by atoms with E-state index in [1.165, 1.54) is 89.0 Å². The van der Waals surface area contributed by atoms with Crippen molar-refractivity contribution in [2.75, 3.05) is 46.0 Å². The van der Waals surface area contributed by atoms with Crippen LogP contribution in [0.25, 0.3) is 0 Å². The van der Waals surface area contributed by atoms with Crippen LogP contribution < -0.4 is 19.4 Å². The lowest BCUT2D eigenvalue weighted by atomic mass is 9.91. The van der Waals surface area contributed by atoms with E-state index in [2.05, 4.69) is 339 Å². The fourth-order valence-electron chi connectivity index (χ4n) is 15.9. The number of aromatic hydroxyl groups is 2. The summed E-state index contributed by atoms with van der Waals surface area (Å²) in [5.41, 5.74) is 29.6. The van der Waals surface area contributed by atoms with Crippen LogP contribution in [-0.4, -0.2) is 46.4 Å². The van der Waals surface area contributed by atoms with Crippen molar-refractivity contribution >= 4 is 42.3 Å². The summed E-state index contributed by atoms with van der Waals surface area (Å²) < 4.78 is 14.3. The third kappa shape index (κ3) is 23.1. The Balaban J connectivity index is 1.17. The number of aryl methyl sites for hydroxylation is 9. The molecule has 0 saturated carbocycles. The van der Waals surface area contributed by atoms with Gasteiger partial charge < -0.3 is 39.3 Å². The molecule has 10 aromatic rings. The van der Waals surface area contributed by atoms with E-state index in [9.17, 15) is 10.2 Å². The summed E-state index contributed by atoms with van der Waals surface area (Å²) in [6.07, 6.45) is 18.1. The SMILES string of the molecule is C=C(OCCCCS)C(=C/C(=C\C)N(Cc1ccccc1)Cc1ccc(C)cc1C)Cc1cc(N(Cc2ccc(C)cc2C)C(C)c2ccc(C)cc2C)cc(Cc2cc(N(Cc3ccccc3)Cc3ccc(C)cc3C)cc(Cc3cc(N(CC4=CC=CCC4)Cc4ccccc4)cc(CC)c3O)c2OCCCCS)c1O. The molecule has 0 spiro atoms. The molecular weight excluding hydrogens is 1420 g/mol. The Labute approximate surface area is 687 Å². The minimum absolute atomic E-state index is 0.123. The van der Waals surface area contributed by atoms with Crippen molar-refractivity contribution in [1.29, 1.82) is 0 Å². The fourth-order valence-corrected chi connectivity index (χ4v) is 16.3. The quantitative estimate of drug-likeness (QED) is 0.0132. The monoisotopic (exact) mass is 1540 g/mol. The molecule has 8 nitrogen and oxygen atoms in total. The third-order valence-electron chi connectivity index (χ3n) is 22.3. The van der Waals surface area contributed by atoms with E-state index in [0.29, 0.717) is 76.8 Å². The van der Waals surface area contributed by atoms with Gasteiger partial charge in [-0.05, 0) is 235 Å². The molecule has 0 amide bonds. The molecular formula is C103H120N4O4S2. The second kappa shape index (κ2) is 41.2.